The van der Waals surface area contributed by atoms with Crippen LogP contribution in [0.3, 0.4) is 0 Å². The van der Waals surface area contributed by atoms with Crippen molar-refractivity contribution in [1.29, 1.82) is 0 Å². The van der Waals surface area contributed by atoms with Crippen molar-refractivity contribution in [3.63, 3.8) is 0 Å². The molecule has 3 atom stereocenters. The second kappa shape index (κ2) is 15.9. The number of carbonyl (C=O) groups is 4. The molecule has 2 N–H and O–H groups in total. The van der Waals surface area contributed by atoms with Crippen LogP contribution in [0.4, 0.5) is 0 Å². The summed E-state index contributed by atoms with van der Waals surface area (Å²) in [6, 6.07) is 16.5. The number of amides is 3. The summed E-state index contributed by atoms with van der Waals surface area (Å²) in [5.74, 6) is -1.83. The van der Waals surface area contributed by atoms with Gasteiger partial charge in [-0.25, -0.2) is 0 Å². The van der Waals surface area contributed by atoms with E-state index in [1.54, 1.807) is 19.0 Å². The maximum atomic E-state index is 13.7. The Morgan fingerprint density at radius 2 is 1.46 bits per heavy atom. The number of rotatable bonds is 13. The van der Waals surface area contributed by atoms with Gasteiger partial charge in [0.2, 0.25) is 17.7 Å². The first-order valence-electron chi connectivity index (χ1n) is 14.5. The van der Waals surface area contributed by atoms with E-state index in [0.29, 0.717) is 19.5 Å². The predicted molar refractivity (Wildman–Crippen MR) is 158 cm³/mol. The predicted octanol–water partition coefficient (Wildman–Crippen LogP) is 2.93. The zero-order valence-corrected chi connectivity index (χ0v) is 24.7. The number of esters is 1. The minimum Gasteiger partial charge on any atom is -0.461 e. The molecule has 0 saturated carbocycles. The number of likely N-dealkylation sites (N-methyl/N-ethyl adjacent to an activating group) is 2. The number of hydrogen-bond donors (Lipinski definition) is 2. The lowest BCUT2D eigenvalue weighted by Crippen LogP contribution is -2.59. The van der Waals surface area contributed by atoms with Crippen molar-refractivity contribution in [3.8, 4) is 0 Å². The van der Waals surface area contributed by atoms with Crippen LogP contribution in [0.15, 0.2) is 60.7 Å². The molecule has 41 heavy (non-hydrogen) atoms. The Hall–Kier alpha value is -3.72. The van der Waals surface area contributed by atoms with Gasteiger partial charge in [0, 0.05) is 20.1 Å². The van der Waals surface area contributed by atoms with Crippen molar-refractivity contribution >= 4 is 23.7 Å². The number of nitrogens with one attached hydrogen (secondary N) is 2. The third kappa shape index (κ3) is 9.42. The fourth-order valence-corrected chi connectivity index (χ4v) is 5.23. The summed E-state index contributed by atoms with van der Waals surface area (Å²) in [5.41, 5.74) is 1.83. The Morgan fingerprint density at radius 3 is 2.02 bits per heavy atom. The van der Waals surface area contributed by atoms with Crippen molar-refractivity contribution in [2.24, 2.45) is 5.92 Å². The first kappa shape index (κ1) is 31.8. The van der Waals surface area contributed by atoms with Crippen molar-refractivity contribution < 1.29 is 23.9 Å². The van der Waals surface area contributed by atoms with Crippen LogP contribution >= 0.6 is 0 Å². The molecule has 3 amide bonds. The molecule has 9 heteroatoms. The van der Waals surface area contributed by atoms with Gasteiger partial charge < -0.3 is 25.2 Å². The fraction of sp³-hybridized carbons (Fsp3) is 0.500. The van der Waals surface area contributed by atoms with Gasteiger partial charge in [0.1, 0.15) is 18.7 Å². The number of hydrogen-bond acceptors (Lipinski definition) is 6. The zero-order valence-electron chi connectivity index (χ0n) is 24.7. The highest BCUT2D eigenvalue weighted by Crippen LogP contribution is 2.16. The molecule has 0 spiro atoms. The van der Waals surface area contributed by atoms with Crippen LogP contribution in [0.2, 0.25) is 0 Å². The largest absolute Gasteiger partial charge is 0.461 e. The van der Waals surface area contributed by atoms with E-state index in [2.05, 4.69) is 10.6 Å². The molecule has 1 fully saturated rings. The lowest BCUT2D eigenvalue weighted by molar-refractivity contribution is -0.150. The normalized spacial score (nSPS) is 15.5. The highest BCUT2D eigenvalue weighted by molar-refractivity contribution is 5.94. The minimum atomic E-state index is -1.09. The van der Waals surface area contributed by atoms with Gasteiger partial charge in [0.05, 0.1) is 12.5 Å². The quantitative estimate of drug-likeness (QED) is 0.362. The minimum absolute atomic E-state index is 0.0803. The number of benzene rings is 2. The van der Waals surface area contributed by atoms with Gasteiger partial charge in [-0.15, -0.1) is 0 Å². The third-order valence-corrected chi connectivity index (χ3v) is 7.49. The summed E-state index contributed by atoms with van der Waals surface area (Å²) >= 11 is 0. The van der Waals surface area contributed by atoms with Crippen molar-refractivity contribution in [3.05, 3.63) is 71.8 Å². The van der Waals surface area contributed by atoms with Crippen LogP contribution in [0, 0.1) is 5.92 Å². The van der Waals surface area contributed by atoms with Gasteiger partial charge in [0.15, 0.2) is 0 Å². The van der Waals surface area contributed by atoms with E-state index in [-0.39, 0.29) is 30.8 Å². The molecule has 222 valence electrons. The number of ether oxygens (including phenoxy) is 1. The molecule has 0 bridgehead atoms. The molecule has 1 aliphatic rings. The molecule has 1 heterocycles. The van der Waals surface area contributed by atoms with Crippen LogP contribution in [0.25, 0.3) is 0 Å². The van der Waals surface area contributed by atoms with Gasteiger partial charge in [-0.1, -0.05) is 74.5 Å². The van der Waals surface area contributed by atoms with E-state index in [0.717, 1.165) is 30.4 Å². The second-order valence-electron chi connectivity index (χ2n) is 11.0. The molecule has 1 saturated heterocycles. The smallest absolute Gasteiger partial charge is 0.308 e. The number of nitrogens with zero attached hydrogens (tertiary/aromatic N) is 2. The van der Waals surface area contributed by atoms with E-state index < -0.39 is 30.0 Å². The highest BCUT2D eigenvalue weighted by atomic mass is 16.5. The first-order valence-corrected chi connectivity index (χ1v) is 14.5. The SMILES string of the molecule is CNC(Cc1ccccc1)C(=O)N(C)C(C(=O)NC(CC(=O)OCc1ccccc1)C(=O)N1CCCCC1)C(C)C. The summed E-state index contributed by atoms with van der Waals surface area (Å²) in [6.45, 7) is 4.96. The van der Waals surface area contributed by atoms with E-state index in [1.165, 1.54) is 4.90 Å². The molecule has 2 aromatic rings. The summed E-state index contributed by atoms with van der Waals surface area (Å²) < 4.78 is 5.44. The molecular weight excluding hydrogens is 520 g/mol. The molecule has 0 aliphatic carbocycles. The van der Waals surface area contributed by atoms with Crippen molar-refractivity contribution in [2.75, 3.05) is 27.2 Å². The summed E-state index contributed by atoms with van der Waals surface area (Å²) in [6.07, 6.45) is 2.98. The van der Waals surface area contributed by atoms with E-state index in [9.17, 15) is 19.2 Å². The molecule has 1 aliphatic heterocycles. The number of likely N-dealkylation sites (tertiary alicyclic amines) is 1. The number of piperidine rings is 1. The average molecular weight is 565 g/mol. The van der Waals surface area contributed by atoms with Crippen LogP contribution in [0.5, 0.6) is 0 Å². The summed E-state index contributed by atoms with van der Waals surface area (Å²) in [7, 11) is 3.33. The standard InChI is InChI=1S/C32H44N4O5/c1-23(2)29(35(4)31(39)26(33-3)20-24-14-8-5-9-15-24)30(38)34-27(32(40)36-18-12-7-13-19-36)21-28(37)41-22-25-16-10-6-11-17-25/h5-6,8-11,14-17,23,26-27,29,33H,7,12-13,18-22H2,1-4H3,(H,34,38). The van der Waals surface area contributed by atoms with Crippen LogP contribution in [0.1, 0.15) is 50.7 Å². The topological polar surface area (TPSA) is 108 Å². The van der Waals surface area contributed by atoms with Crippen molar-refractivity contribution in [1.82, 2.24) is 20.4 Å². The highest BCUT2D eigenvalue weighted by Gasteiger charge is 2.36. The number of carbonyl (C=O) groups excluding carboxylic acids is 4. The fourth-order valence-electron chi connectivity index (χ4n) is 5.23. The van der Waals surface area contributed by atoms with Gasteiger partial charge >= 0.3 is 5.97 Å². The molecule has 9 nitrogen and oxygen atoms in total. The Bertz CT molecular complexity index is 1140. The van der Waals surface area contributed by atoms with Gasteiger partial charge in [-0.05, 0) is 49.8 Å². The molecule has 3 rings (SSSR count). The van der Waals surface area contributed by atoms with Crippen LogP contribution in [-0.4, -0.2) is 78.8 Å². The maximum Gasteiger partial charge on any atom is 0.308 e. The first-order chi connectivity index (χ1) is 19.7. The van der Waals surface area contributed by atoms with Gasteiger partial charge in [-0.3, -0.25) is 19.2 Å². The average Bonchev–Trinajstić information content (AvgIpc) is 2.99. The lowest BCUT2D eigenvalue weighted by Gasteiger charge is -2.35. The van der Waals surface area contributed by atoms with Gasteiger partial charge in [-0.2, -0.15) is 0 Å². The van der Waals surface area contributed by atoms with Crippen LogP contribution in [-0.2, 0) is 36.9 Å². The Balaban J connectivity index is 1.73. The third-order valence-electron chi connectivity index (χ3n) is 7.49. The van der Waals surface area contributed by atoms with E-state index in [4.69, 9.17) is 4.74 Å². The molecule has 3 unspecified atom stereocenters. The zero-order chi connectivity index (χ0) is 29.8. The van der Waals surface area contributed by atoms with E-state index in [1.807, 2.05) is 74.5 Å². The molecule has 0 aromatic heterocycles. The van der Waals surface area contributed by atoms with Crippen molar-refractivity contribution in [2.45, 2.75) is 70.7 Å². The Kier molecular flexibility index (Phi) is 12.3. The van der Waals surface area contributed by atoms with Crippen LogP contribution < -0.4 is 10.6 Å². The van der Waals surface area contributed by atoms with Gasteiger partial charge in [0.25, 0.3) is 0 Å². The summed E-state index contributed by atoms with van der Waals surface area (Å²) in [4.78, 5) is 56.7. The molecular formula is C32H44N4O5. The second-order valence-corrected chi connectivity index (χ2v) is 11.0. The Morgan fingerprint density at radius 1 is 0.878 bits per heavy atom. The summed E-state index contributed by atoms with van der Waals surface area (Å²) in [5, 5.41) is 5.90. The monoisotopic (exact) mass is 564 g/mol. The Labute approximate surface area is 243 Å². The lowest BCUT2D eigenvalue weighted by atomic mass is 9.98. The molecule has 0 radical (unpaired) electrons. The molecule has 2 aromatic carbocycles. The maximum absolute atomic E-state index is 13.7. The van der Waals surface area contributed by atoms with E-state index >= 15 is 0 Å².